The summed E-state index contributed by atoms with van der Waals surface area (Å²) < 4.78 is 7.69. The Kier molecular flexibility index (Phi) is 5.99. The normalized spacial score (nSPS) is 17.0. The average Bonchev–Trinajstić information content (AvgIpc) is 3.25. The molecule has 0 saturated carbocycles. The van der Waals surface area contributed by atoms with Gasteiger partial charge in [-0.05, 0) is 42.3 Å². The number of nitrogens with one attached hydrogen (secondary N) is 2. The van der Waals surface area contributed by atoms with Crippen molar-refractivity contribution < 1.29 is 9.53 Å². The van der Waals surface area contributed by atoms with E-state index in [1.54, 1.807) is 0 Å². The molecule has 166 valence electrons. The van der Waals surface area contributed by atoms with Crippen molar-refractivity contribution in [2.75, 3.05) is 10.7 Å². The van der Waals surface area contributed by atoms with E-state index in [0.29, 0.717) is 11.0 Å². The summed E-state index contributed by atoms with van der Waals surface area (Å²) >= 11 is 1.39. The van der Waals surface area contributed by atoms with Crippen LogP contribution in [0.2, 0.25) is 0 Å². The molecular weight excluding hydrogens is 434 g/mol. The molecule has 0 radical (unpaired) electrons. The minimum atomic E-state index is -0.437. The lowest BCUT2D eigenvalue weighted by Crippen LogP contribution is -2.41. The molecule has 2 N–H and O–H groups in total. The second kappa shape index (κ2) is 9.38. The highest BCUT2D eigenvalue weighted by atomic mass is 32.2. The highest BCUT2D eigenvalue weighted by Crippen LogP contribution is 2.37. The van der Waals surface area contributed by atoms with Gasteiger partial charge in [0.2, 0.25) is 11.1 Å². The van der Waals surface area contributed by atoms with E-state index in [2.05, 4.69) is 20.9 Å². The average molecular weight is 458 g/mol. The maximum Gasteiger partial charge on any atom is 0.240 e. The number of anilines is 1. The number of para-hydroxylation sites is 1. The molecule has 0 saturated heterocycles. The van der Waals surface area contributed by atoms with E-state index >= 15 is 0 Å². The molecule has 1 aromatic heterocycles. The lowest BCUT2D eigenvalue weighted by Gasteiger charge is -2.33. The molecule has 2 atom stereocenters. The third-order valence-electron chi connectivity index (χ3n) is 5.32. The summed E-state index contributed by atoms with van der Waals surface area (Å²) in [4.78, 5) is 13.3. The number of carbonyl (C=O) groups is 1. The van der Waals surface area contributed by atoms with E-state index in [4.69, 9.17) is 4.74 Å². The first-order valence-electron chi connectivity index (χ1n) is 10.7. The highest BCUT2D eigenvalue weighted by molar-refractivity contribution is 8.00. The van der Waals surface area contributed by atoms with Gasteiger partial charge in [-0.2, -0.15) is 0 Å². The maximum absolute atomic E-state index is 13.3. The number of carbonyl (C=O) groups excluding carboxylic acids is 1. The number of thioether (sulfide) groups is 1. The third kappa shape index (κ3) is 4.70. The summed E-state index contributed by atoms with van der Waals surface area (Å²) in [6.07, 6.45) is 0. The summed E-state index contributed by atoms with van der Waals surface area (Å²) in [5.41, 5.74) is 6.32. The number of rotatable bonds is 6. The fraction of sp³-hybridized carbons (Fsp3) is 0.160. The van der Waals surface area contributed by atoms with Gasteiger partial charge in [0.05, 0.1) is 6.04 Å². The molecule has 2 heterocycles. The molecule has 33 heavy (non-hydrogen) atoms. The van der Waals surface area contributed by atoms with Crippen LogP contribution in [0.25, 0.3) is 0 Å². The summed E-state index contributed by atoms with van der Waals surface area (Å²) in [5, 5.41) is 11.8. The van der Waals surface area contributed by atoms with Crippen LogP contribution in [-0.2, 0) is 11.4 Å². The van der Waals surface area contributed by atoms with Crippen LogP contribution < -0.4 is 15.5 Å². The van der Waals surface area contributed by atoms with Gasteiger partial charge in [-0.3, -0.25) is 4.79 Å². The topological polar surface area (TPSA) is 81.1 Å². The molecule has 0 spiro atoms. The smallest absolute Gasteiger partial charge is 0.240 e. The lowest BCUT2D eigenvalue weighted by atomic mass is 10.0. The molecule has 4 aromatic rings. The Morgan fingerprint density at radius 3 is 2.55 bits per heavy atom. The molecule has 5 rings (SSSR count). The van der Waals surface area contributed by atoms with Crippen LogP contribution in [0, 0.1) is 6.92 Å². The van der Waals surface area contributed by atoms with E-state index in [0.717, 1.165) is 22.6 Å². The van der Waals surface area contributed by atoms with Gasteiger partial charge in [-0.25, -0.2) is 4.68 Å². The van der Waals surface area contributed by atoms with Crippen molar-refractivity contribution in [2.24, 2.45) is 0 Å². The molecule has 7 nitrogen and oxygen atoms in total. The molecule has 3 aromatic carbocycles. The molecular formula is C25H23N5O2S. The highest BCUT2D eigenvalue weighted by Gasteiger charge is 2.37. The zero-order valence-corrected chi connectivity index (χ0v) is 18.8. The molecule has 8 heteroatoms. The van der Waals surface area contributed by atoms with Crippen LogP contribution in [0.5, 0.6) is 5.75 Å². The minimum Gasteiger partial charge on any atom is -0.486 e. The molecule has 1 aliphatic heterocycles. The summed E-state index contributed by atoms with van der Waals surface area (Å²) in [6, 6.07) is 27.0. The predicted octanol–water partition coefficient (Wildman–Crippen LogP) is 4.56. The van der Waals surface area contributed by atoms with Gasteiger partial charge in [0, 0.05) is 5.69 Å². The summed E-state index contributed by atoms with van der Waals surface area (Å²) in [5.74, 6) is 1.30. The molecule has 1 amide bonds. The number of aryl methyl sites for hydroxylation is 1. The first kappa shape index (κ1) is 21.1. The van der Waals surface area contributed by atoms with Gasteiger partial charge in [0.1, 0.15) is 17.6 Å². The monoisotopic (exact) mass is 457 g/mol. The largest absolute Gasteiger partial charge is 0.486 e. The van der Waals surface area contributed by atoms with Crippen molar-refractivity contribution in [1.29, 1.82) is 0 Å². The van der Waals surface area contributed by atoms with E-state index in [1.807, 2.05) is 96.5 Å². The summed E-state index contributed by atoms with van der Waals surface area (Å²) in [6.45, 7) is 2.26. The van der Waals surface area contributed by atoms with Gasteiger partial charge in [0.25, 0.3) is 0 Å². The fourth-order valence-corrected chi connectivity index (χ4v) is 4.80. The maximum atomic E-state index is 13.3. The Hall–Kier alpha value is -3.78. The Morgan fingerprint density at radius 2 is 1.79 bits per heavy atom. The number of fused-ring (bicyclic) bond motifs is 1. The van der Waals surface area contributed by atoms with Crippen LogP contribution in [0.4, 0.5) is 5.69 Å². The lowest BCUT2D eigenvalue weighted by molar-refractivity contribution is -0.116. The van der Waals surface area contributed by atoms with Gasteiger partial charge >= 0.3 is 0 Å². The number of benzene rings is 3. The van der Waals surface area contributed by atoms with Crippen molar-refractivity contribution in [3.05, 3.63) is 102 Å². The number of hydrogen-bond donors (Lipinski definition) is 2. The van der Waals surface area contributed by atoms with Crippen LogP contribution in [0.1, 0.15) is 23.0 Å². The molecule has 0 bridgehead atoms. The number of amides is 1. The summed E-state index contributed by atoms with van der Waals surface area (Å²) in [7, 11) is 0. The van der Waals surface area contributed by atoms with Crippen molar-refractivity contribution in [1.82, 2.24) is 14.9 Å². The number of nitrogens with zero attached hydrogens (tertiary/aromatic N) is 3. The van der Waals surface area contributed by atoms with E-state index < -0.39 is 5.25 Å². The van der Waals surface area contributed by atoms with Gasteiger partial charge < -0.3 is 15.5 Å². The quantitative estimate of drug-likeness (QED) is 0.442. The van der Waals surface area contributed by atoms with E-state index in [9.17, 15) is 4.79 Å². The standard InChI is InChI=1S/C25H23N5O2S/c1-17-9-8-12-19(15-17)26-24(31)23-22(18-10-4-2-5-11-18)29-30-21(27-28-25(30)33-23)16-32-20-13-6-3-7-14-20/h2-15,22-23,29H,16H2,1H3,(H,26,31). The van der Waals surface area contributed by atoms with Gasteiger partial charge in [0.15, 0.2) is 5.82 Å². The third-order valence-corrected chi connectivity index (χ3v) is 6.53. The second-order valence-corrected chi connectivity index (χ2v) is 8.86. The van der Waals surface area contributed by atoms with Crippen LogP contribution in [-0.4, -0.2) is 26.0 Å². The van der Waals surface area contributed by atoms with Crippen LogP contribution >= 0.6 is 11.8 Å². The Bertz CT molecular complexity index is 1250. The van der Waals surface area contributed by atoms with Crippen molar-refractivity contribution in [3.63, 3.8) is 0 Å². The second-order valence-electron chi connectivity index (χ2n) is 7.75. The number of hydrogen-bond acceptors (Lipinski definition) is 6. The van der Waals surface area contributed by atoms with Gasteiger partial charge in [-0.15, -0.1) is 10.2 Å². The van der Waals surface area contributed by atoms with Crippen LogP contribution in [0.3, 0.4) is 0 Å². The van der Waals surface area contributed by atoms with E-state index in [-0.39, 0.29) is 18.6 Å². The van der Waals surface area contributed by atoms with Crippen molar-refractivity contribution >= 4 is 23.4 Å². The first-order valence-corrected chi connectivity index (χ1v) is 11.5. The van der Waals surface area contributed by atoms with Crippen molar-refractivity contribution in [3.8, 4) is 5.75 Å². The molecule has 2 unspecified atom stereocenters. The Morgan fingerprint density at radius 1 is 1.03 bits per heavy atom. The van der Waals surface area contributed by atoms with Crippen LogP contribution in [0.15, 0.2) is 90.1 Å². The predicted molar refractivity (Wildman–Crippen MR) is 129 cm³/mol. The molecule has 1 aliphatic rings. The Labute approximate surface area is 196 Å². The number of aromatic nitrogens is 3. The zero-order valence-electron chi connectivity index (χ0n) is 18.0. The minimum absolute atomic E-state index is 0.0942. The number of ether oxygens (including phenoxy) is 1. The van der Waals surface area contributed by atoms with Gasteiger partial charge in [-0.1, -0.05) is 72.4 Å². The Balaban J connectivity index is 1.41. The van der Waals surface area contributed by atoms with Crippen molar-refractivity contribution in [2.45, 2.75) is 30.0 Å². The zero-order chi connectivity index (χ0) is 22.6. The first-order chi connectivity index (χ1) is 16.2. The molecule has 0 fully saturated rings. The van der Waals surface area contributed by atoms with E-state index in [1.165, 1.54) is 11.8 Å². The SMILES string of the molecule is Cc1cccc(NC(=O)C2Sc3nnc(COc4ccccc4)n3NC2c2ccccc2)c1. The molecule has 0 aliphatic carbocycles. The fourth-order valence-electron chi connectivity index (χ4n) is 3.70.